The van der Waals surface area contributed by atoms with Crippen molar-refractivity contribution in [2.45, 2.75) is 161 Å². The Balaban J connectivity index is -0.000000135. The average molecular weight is 1030 g/mol. The summed E-state index contributed by atoms with van der Waals surface area (Å²) in [6, 6.07) is -5.42. The van der Waals surface area contributed by atoms with Crippen molar-refractivity contribution in [3.63, 3.8) is 0 Å². The number of nitrogens with two attached hydrogens (primary N) is 11. The molecule has 0 aliphatic carbocycles. The maximum absolute atomic E-state index is 10.2. The number of rotatable bonds is 28. The predicted octanol–water partition coefficient (Wildman–Crippen LogP) is -3.15. The molecule has 0 heterocycles. The summed E-state index contributed by atoms with van der Waals surface area (Å²) < 4.78 is 0. The van der Waals surface area contributed by atoms with Gasteiger partial charge < -0.3 is 109 Å². The van der Waals surface area contributed by atoms with Gasteiger partial charge in [-0.15, -0.1) is 0 Å². The number of amides is 1. The Kier molecular flexibility index (Phi) is 56.1. The molecule has 420 valence electrons. The van der Waals surface area contributed by atoms with Crippen LogP contribution in [0.1, 0.15) is 119 Å². The van der Waals surface area contributed by atoms with E-state index in [0.717, 1.165) is 19.3 Å². The Labute approximate surface area is 415 Å². The summed E-state index contributed by atoms with van der Waals surface area (Å²) in [6.07, 6.45) is 6.15. The van der Waals surface area contributed by atoms with E-state index in [1.807, 2.05) is 41.5 Å². The zero-order chi connectivity index (χ0) is 57.6. The van der Waals surface area contributed by atoms with E-state index in [4.69, 9.17) is 110 Å². The first kappa shape index (κ1) is 79.1. The van der Waals surface area contributed by atoms with Gasteiger partial charge in [0.05, 0.1) is 0 Å². The molecule has 33 N–H and O–H groups in total. The van der Waals surface area contributed by atoms with Crippen molar-refractivity contribution in [2.24, 2.45) is 80.8 Å². The Morgan fingerprint density at radius 1 is 0.451 bits per heavy atom. The zero-order valence-corrected chi connectivity index (χ0v) is 42.1. The SMILES string of the molecule is CC(C)CC(N)C(=O)O.CC(C)CC(N)C(=O)O.CCC(C)C(N)C(=O)O.N=C(N)NCCCC(N)C(=O)O.N=C(N)NCCCC(N)C(=O)O.NC(=O)CCC(N)C(=O)O.NCCCCC(N)C(=O)O. The van der Waals surface area contributed by atoms with Gasteiger partial charge in [-0.3, -0.25) is 49.2 Å². The van der Waals surface area contributed by atoms with Gasteiger partial charge in [0.2, 0.25) is 5.91 Å². The van der Waals surface area contributed by atoms with Crippen LogP contribution in [0.15, 0.2) is 0 Å². The Hall–Kier alpha value is -6.02. The van der Waals surface area contributed by atoms with Crippen LogP contribution in [-0.2, 0) is 38.4 Å². The van der Waals surface area contributed by atoms with Crippen LogP contribution in [0.5, 0.6) is 0 Å². The number of carbonyl (C=O) groups is 8. The van der Waals surface area contributed by atoms with Crippen molar-refractivity contribution in [2.75, 3.05) is 19.6 Å². The molecule has 0 spiro atoms. The van der Waals surface area contributed by atoms with Crippen LogP contribution in [0.25, 0.3) is 0 Å². The predicted molar refractivity (Wildman–Crippen MR) is 267 cm³/mol. The van der Waals surface area contributed by atoms with Gasteiger partial charge in [-0.05, 0) is 82.1 Å². The second kappa shape index (κ2) is 50.4. The minimum Gasteiger partial charge on any atom is -0.480 e. The normalized spacial score (nSPS) is 13.3. The minimum atomic E-state index is -1.11. The maximum Gasteiger partial charge on any atom is 0.320 e. The molecule has 0 saturated heterocycles. The number of carboxylic acids is 7. The average Bonchev–Trinajstić information content (AvgIpc) is 3.25. The fourth-order valence-electron chi connectivity index (χ4n) is 4.11. The standard InChI is InChI=1S/2C6H14N4O2.C6H14N2O2.3C6H13NO2.C5H10N2O3/c2*7-4(5(11)12)2-1-3-10-6(8)9;7-4-2-1-3-5(8)6(9)10;2*1-4(2)3-5(7)6(8)9;1-3-4(2)5(7)6(8)9;6-3(5(9)10)1-2-4(7)8/h2*4H,1-3,7H2,(H,11,12)(H4,8,9,10);5H,1-4,7-8H2,(H,9,10);3*4-5H,3,7H2,1-2H3,(H,8,9);3H,1-2,6H2,(H2,7,8)(H,9,10). The topological polar surface area (TPSA) is 636 Å². The van der Waals surface area contributed by atoms with Crippen molar-refractivity contribution in [3.8, 4) is 0 Å². The highest BCUT2D eigenvalue weighted by atomic mass is 16.4. The second-order valence-electron chi connectivity index (χ2n) is 16.4. The first-order valence-corrected chi connectivity index (χ1v) is 22.5. The molecular formula is C41H91N15O15. The van der Waals surface area contributed by atoms with Gasteiger partial charge in [0.15, 0.2) is 11.9 Å². The molecule has 0 aliphatic heterocycles. The Morgan fingerprint density at radius 3 is 0.915 bits per heavy atom. The third-order valence-electron chi connectivity index (χ3n) is 8.58. The van der Waals surface area contributed by atoms with Gasteiger partial charge in [-0.2, -0.15) is 0 Å². The molecule has 0 rings (SSSR count). The van der Waals surface area contributed by atoms with Crippen LogP contribution in [0, 0.1) is 28.6 Å². The molecule has 0 saturated carbocycles. The highest BCUT2D eigenvalue weighted by molar-refractivity contribution is 5.77. The quantitative estimate of drug-likeness (QED) is 0.0209. The van der Waals surface area contributed by atoms with Gasteiger partial charge in [0.1, 0.15) is 42.3 Å². The summed E-state index contributed by atoms with van der Waals surface area (Å²) in [4.78, 5) is 81.1. The molecule has 1 amide bonds. The summed E-state index contributed by atoms with van der Waals surface area (Å²) in [7, 11) is 0. The monoisotopic (exact) mass is 1030 g/mol. The molecule has 8 unspecified atom stereocenters. The lowest BCUT2D eigenvalue weighted by atomic mass is 10.0. The van der Waals surface area contributed by atoms with E-state index in [-0.39, 0.29) is 30.7 Å². The van der Waals surface area contributed by atoms with Crippen LogP contribution in [0.4, 0.5) is 0 Å². The molecule has 0 aromatic rings. The molecule has 0 bridgehead atoms. The summed E-state index contributed by atoms with van der Waals surface area (Å²) >= 11 is 0. The van der Waals surface area contributed by atoms with Crippen molar-refractivity contribution in [3.05, 3.63) is 0 Å². The largest absolute Gasteiger partial charge is 0.480 e. The Morgan fingerprint density at radius 2 is 0.732 bits per heavy atom. The van der Waals surface area contributed by atoms with E-state index < -0.39 is 90.0 Å². The number of carboxylic acid groups (broad SMARTS) is 7. The molecule has 0 fully saturated rings. The van der Waals surface area contributed by atoms with Gasteiger partial charge >= 0.3 is 41.8 Å². The van der Waals surface area contributed by atoms with E-state index in [1.54, 1.807) is 0 Å². The number of unbranched alkanes of at least 4 members (excludes halogenated alkanes) is 1. The molecule has 0 radical (unpaired) electrons. The molecule has 71 heavy (non-hydrogen) atoms. The molecule has 8 atom stereocenters. The first-order valence-electron chi connectivity index (χ1n) is 22.5. The first-order chi connectivity index (χ1) is 32.5. The lowest BCUT2D eigenvalue weighted by Crippen LogP contribution is -2.36. The van der Waals surface area contributed by atoms with Crippen LogP contribution >= 0.6 is 0 Å². The van der Waals surface area contributed by atoms with Crippen molar-refractivity contribution < 1.29 is 74.1 Å². The molecule has 0 aromatic carbocycles. The summed E-state index contributed by atoms with van der Waals surface area (Å²) in [5.74, 6) is -6.75. The van der Waals surface area contributed by atoms with Crippen molar-refractivity contribution >= 4 is 59.6 Å². The number of aliphatic carboxylic acids is 7. The molecule has 30 nitrogen and oxygen atoms in total. The smallest absolute Gasteiger partial charge is 0.320 e. The molecule has 30 heteroatoms. The van der Waals surface area contributed by atoms with Gasteiger partial charge in [-0.25, -0.2) is 0 Å². The highest BCUT2D eigenvalue weighted by Crippen LogP contribution is 2.05. The number of guanidine groups is 2. The number of carbonyl (C=O) groups excluding carboxylic acids is 1. The van der Waals surface area contributed by atoms with Crippen LogP contribution in [-0.4, -0.2) is 157 Å². The van der Waals surface area contributed by atoms with E-state index in [9.17, 15) is 38.4 Å². The summed E-state index contributed by atoms with van der Waals surface area (Å²) in [6.45, 7) is 13.1. The van der Waals surface area contributed by atoms with Gasteiger partial charge in [-0.1, -0.05) is 54.4 Å². The summed E-state index contributed by atoms with van der Waals surface area (Å²) in [5.41, 5.74) is 56.4. The summed E-state index contributed by atoms with van der Waals surface area (Å²) in [5, 5.41) is 76.9. The van der Waals surface area contributed by atoms with Crippen LogP contribution in [0.3, 0.4) is 0 Å². The van der Waals surface area contributed by atoms with Crippen molar-refractivity contribution in [1.82, 2.24) is 10.6 Å². The van der Waals surface area contributed by atoms with Crippen molar-refractivity contribution in [1.29, 1.82) is 10.8 Å². The number of hydrogen-bond acceptors (Lipinski definition) is 18. The molecule has 0 aromatic heterocycles. The third kappa shape index (κ3) is 68.3. The van der Waals surface area contributed by atoms with E-state index in [2.05, 4.69) is 10.6 Å². The molecule has 0 aliphatic rings. The fraction of sp³-hybridized carbons (Fsp3) is 0.756. The fourth-order valence-corrected chi connectivity index (χ4v) is 4.11. The van der Waals surface area contributed by atoms with Crippen LogP contribution in [0.2, 0.25) is 0 Å². The van der Waals surface area contributed by atoms with Crippen LogP contribution < -0.4 is 73.7 Å². The lowest BCUT2D eigenvalue weighted by Gasteiger charge is -2.11. The maximum atomic E-state index is 10.2. The highest BCUT2D eigenvalue weighted by Gasteiger charge is 2.18. The Bertz CT molecular complexity index is 1430. The third-order valence-corrected chi connectivity index (χ3v) is 8.58. The number of hydrogen-bond donors (Lipinski definition) is 22. The number of primary amides is 1. The lowest BCUT2D eigenvalue weighted by molar-refractivity contribution is -0.140. The van der Waals surface area contributed by atoms with E-state index in [1.165, 1.54) is 0 Å². The second-order valence-corrected chi connectivity index (χ2v) is 16.4. The van der Waals surface area contributed by atoms with Gasteiger partial charge in [0, 0.05) is 19.5 Å². The molecular weight excluding hydrogens is 943 g/mol. The number of nitrogens with one attached hydrogen (secondary N) is 4. The zero-order valence-electron chi connectivity index (χ0n) is 42.1. The van der Waals surface area contributed by atoms with E-state index >= 15 is 0 Å². The minimum absolute atomic E-state index is 0.0213. The van der Waals surface area contributed by atoms with E-state index in [0.29, 0.717) is 76.4 Å². The van der Waals surface area contributed by atoms with Gasteiger partial charge in [0.25, 0.3) is 0 Å².